The molecule has 3 aromatic carbocycles. The van der Waals surface area contributed by atoms with Gasteiger partial charge in [-0.25, -0.2) is 4.79 Å². The van der Waals surface area contributed by atoms with Gasteiger partial charge in [0, 0.05) is 24.3 Å². The molecule has 1 aliphatic carbocycles. The quantitative estimate of drug-likeness (QED) is 0.641. The lowest BCUT2D eigenvalue weighted by Gasteiger charge is -2.20. The topological polar surface area (TPSA) is 78.5 Å². The number of carboxylic acid groups (broad SMARTS) is 1. The van der Waals surface area contributed by atoms with Gasteiger partial charge in [0.15, 0.2) is 0 Å². The lowest BCUT2D eigenvalue weighted by atomic mass is 9.98. The van der Waals surface area contributed by atoms with Crippen LogP contribution in [0.25, 0.3) is 11.1 Å². The lowest BCUT2D eigenvalue weighted by Crippen LogP contribution is -2.41. The van der Waals surface area contributed by atoms with Gasteiger partial charge in [0.1, 0.15) is 6.61 Å². The molecule has 1 amide bonds. The zero-order valence-electron chi connectivity index (χ0n) is 17.3. The molecule has 0 unspecified atom stereocenters. The van der Waals surface area contributed by atoms with E-state index in [1.54, 1.807) is 0 Å². The highest BCUT2D eigenvalue weighted by molar-refractivity contribution is 5.79. The molecule has 5 heteroatoms. The summed E-state index contributed by atoms with van der Waals surface area (Å²) in [7, 11) is 0. The number of alkyl carbamates (subject to hydrolysis) is 1. The van der Waals surface area contributed by atoms with E-state index in [0.29, 0.717) is 6.42 Å². The SMILES string of the molecule is Cc1ccc(C[C@H](CC(=O)[O-])NC(=O)OCC2c3ccccc3-c3ccccc32)cc1. The Balaban J connectivity index is 1.42. The summed E-state index contributed by atoms with van der Waals surface area (Å²) >= 11 is 0. The van der Waals surface area contributed by atoms with Gasteiger partial charge in [-0.3, -0.25) is 0 Å². The Kier molecular flexibility index (Phi) is 6.03. The number of carbonyl (C=O) groups is 2. The molecule has 0 spiro atoms. The van der Waals surface area contributed by atoms with Gasteiger partial charge >= 0.3 is 6.09 Å². The van der Waals surface area contributed by atoms with E-state index < -0.39 is 18.1 Å². The first kappa shape index (κ1) is 20.7. The normalized spacial score (nSPS) is 13.2. The lowest BCUT2D eigenvalue weighted by molar-refractivity contribution is -0.306. The molecule has 1 atom stereocenters. The molecule has 4 rings (SSSR count). The number of benzene rings is 3. The van der Waals surface area contributed by atoms with E-state index in [2.05, 4.69) is 29.6 Å². The second-order valence-corrected chi connectivity index (χ2v) is 7.93. The average Bonchev–Trinajstić information content (AvgIpc) is 3.07. The average molecular weight is 414 g/mol. The fraction of sp³-hybridized carbons (Fsp3) is 0.231. The number of fused-ring (bicyclic) bond motifs is 3. The van der Waals surface area contributed by atoms with E-state index in [-0.39, 0.29) is 18.9 Å². The third-order valence-electron chi connectivity index (χ3n) is 5.68. The van der Waals surface area contributed by atoms with Crippen molar-refractivity contribution < 1.29 is 19.4 Å². The Bertz CT molecular complexity index is 1050. The number of rotatable bonds is 7. The van der Waals surface area contributed by atoms with Gasteiger partial charge in [-0.15, -0.1) is 0 Å². The Morgan fingerprint density at radius 3 is 2.10 bits per heavy atom. The number of nitrogens with one attached hydrogen (secondary N) is 1. The smallest absolute Gasteiger partial charge is 0.407 e. The monoisotopic (exact) mass is 414 g/mol. The minimum absolute atomic E-state index is 0.0464. The number of amides is 1. The Morgan fingerprint density at radius 2 is 1.52 bits per heavy atom. The second kappa shape index (κ2) is 9.04. The van der Waals surface area contributed by atoms with Gasteiger partial charge < -0.3 is 20.0 Å². The molecule has 0 fully saturated rings. The van der Waals surface area contributed by atoms with Gasteiger partial charge in [0.2, 0.25) is 0 Å². The van der Waals surface area contributed by atoms with E-state index in [1.807, 2.05) is 55.5 Å². The van der Waals surface area contributed by atoms with Gasteiger partial charge in [-0.1, -0.05) is 78.4 Å². The van der Waals surface area contributed by atoms with Crippen molar-refractivity contribution in [3.63, 3.8) is 0 Å². The third-order valence-corrected chi connectivity index (χ3v) is 5.68. The third kappa shape index (κ3) is 4.77. The molecular weight excluding hydrogens is 390 g/mol. The second-order valence-electron chi connectivity index (χ2n) is 7.93. The molecule has 158 valence electrons. The van der Waals surface area contributed by atoms with Crippen molar-refractivity contribution in [3.8, 4) is 11.1 Å². The summed E-state index contributed by atoms with van der Waals surface area (Å²) in [5, 5.41) is 13.9. The number of hydrogen-bond donors (Lipinski definition) is 1. The molecule has 0 saturated heterocycles. The molecule has 0 aromatic heterocycles. The van der Waals surface area contributed by atoms with Crippen LogP contribution in [0, 0.1) is 6.92 Å². The fourth-order valence-corrected chi connectivity index (χ4v) is 4.19. The van der Waals surface area contributed by atoms with Crippen LogP contribution < -0.4 is 10.4 Å². The van der Waals surface area contributed by atoms with E-state index in [1.165, 1.54) is 0 Å². The molecule has 0 bridgehead atoms. The standard InChI is InChI=1S/C26H25NO4/c1-17-10-12-18(13-11-17)14-19(15-25(28)29)27-26(30)31-16-24-22-8-4-2-6-20(22)21-7-3-5-9-23(21)24/h2-13,19,24H,14-16H2,1H3,(H,27,30)(H,28,29)/p-1/t19-/m1/s1. The molecule has 31 heavy (non-hydrogen) atoms. The Morgan fingerprint density at radius 1 is 0.935 bits per heavy atom. The Labute approximate surface area is 181 Å². The van der Waals surface area contributed by atoms with E-state index >= 15 is 0 Å². The van der Waals surface area contributed by atoms with Crippen molar-refractivity contribution in [2.24, 2.45) is 0 Å². The van der Waals surface area contributed by atoms with Crippen LogP contribution >= 0.6 is 0 Å². The first-order valence-corrected chi connectivity index (χ1v) is 10.4. The molecular formula is C26H24NO4-. The van der Waals surface area contributed by atoms with E-state index in [0.717, 1.165) is 33.4 Å². The van der Waals surface area contributed by atoms with Crippen LogP contribution in [-0.4, -0.2) is 24.7 Å². The highest BCUT2D eigenvalue weighted by atomic mass is 16.5. The maximum absolute atomic E-state index is 12.5. The van der Waals surface area contributed by atoms with Gasteiger partial charge in [0.25, 0.3) is 0 Å². The summed E-state index contributed by atoms with van der Waals surface area (Å²) in [6, 6.07) is 23.4. The first-order chi connectivity index (χ1) is 15.0. The fourth-order valence-electron chi connectivity index (χ4n) is 4.19. The minimum atomic E-state index is -1.21. The van der Waals surface area contributed by atoms with Crippen LogP contribution in [0.3, 0.4) is 0 Å². The predicted molar refractivity (Wildman–Crippen MR) is 116 cm³/mol. The molecule has 0 aliphatic heterocycles. The molecule has 1 N–H and O–H groups in total. The maximum Gasteiger partial charge on any atom is 0.407 e. The zero-order valence-corrected chi connectivity index (χ0v) is 17.3. The van der Waals surface area contributed by atoms with Crippen LogP contribution in [0.2, 0.25) is 0 Å². The van der Waals surface area contributed by atoms with Gasteiger partial charge in [-0.05, 0) is 41.2 Å². The van der Waals surface area contributed by atoms with Crippen LogP contribution in [-0.2, 0) is 16.0 Å². The largest absolute Gasteiger partial charge is 0.550 e. The van der Waals surface area contributed by atoms with Crippen LogP contribution in [0.15, 0.2) is 72.8 Å². The summed E-state index contributed by atoms with van der Waals surface area (Å²) in [5.41, 5.74) is 6.62. The van der Waals surface area contributed by atoms with Crippen molar-refractivity contribution >= 4 is 12.1 Å². The summed E-state index contributed by atoms with van der Waals surface area (Å²) in [4.78, 5) is 23.7. The molecule has 3 aromatic rings. The molecule has 0 heterocycles. The number of carboxylic acids is 1. The van der Waals surface area contributed by atoms with Gasteiger partial charge in [0.05, 0.1) is 0 Å². The van der Waals surface area contributed by atoms with Gasteiger partial charge in [-0.2, -0.15) is 0 Å². The van der Waals surface area contributed by atoms with Crippen LogP contribution in [0.5, 0.6) is 0 Å². The van der Waals surface area contributed by atoms with Crippen LogP contribution in [0.4, 0.5) is 4.79 Å². The molecule has 0 saturated carbocycles. The number of aliphatic carboxylic acids is 1. The van der Waals surface area contributed by atoms with Crippen LogP contribution in [0.1, 0.15) is 34.6 Å². The summed E-state index contributed by atoms with van der Waals surface area (Å²) in [6.07, 6.45) is -0.517. The molecule has 5 nitrogen and oxygen atoms in total. The summed E-state index contributed by atoms with van der Waals surface area (Å²) in [6.45, 7) is 2.17. The van der Waals surface area contributed by atoms with Crippen molar-refractivity contribution in [1.82, 2.24) is 5.32 Å². The molecule has 0 radical (unpaired) electrons. The molecule has 1 aliphatic rings. The van der Waals surface area contributed by atoms with Crippen molar-refractivity contribution in [3.05, 3.63) is 95.1 Å². The number of aryl methyl sites for hydroxylation is 1. The van der Waals surface area contributed by atoms with Crippen molar-refractivity contribution in [2.45, 2.75) is 31.7 Å². The predicted octanol–water partition coefficient (Wildman–Crippen LogP) is 3.58. The zero-order chi connectivity index (χ0) is 21.8. The van der Waals surface area contributed by atoms with Crippen molar-refractivity contribution in [1.29, 1.82) is 0 Å². The Hall–Kier alpha value is -3.60. The van der Waals surface area contributed by atoms with E-state index in [4.69, 9.17) is 4.74 Å². The first-order valence-electron chi connectivity index (χ1n) is 10.4. The van der Waals surface area contributed by atoms with Crippen molar-refractivity contribution in [2.75, 3.05) is 6.61 Å². The number of carbonyl (C=O) groups excluding carboxylic acids is 2. The maximum atomic E-state index is 12.5. The summed E-state index contributed by atoms with van der Waals surface area (Å²) in [5.74, 6) is -1.26. The highest BCUT2D eigenvalue weighted by Gasteiger charge is 2.29. The number of ether oxygens (including phenoxy) is 1. The number of hydrogen-bond acceptors (Lipinski definition) is 4. The minimum Gasteiger partial charge on any atom is -0.550 e. The summed E-state index contributed by atoms with van der Waals surface area (Å²) < 4.78 is 5.55. The highest BCUT2D eigenvalue weighted by Crippen LogP contribution is 2.44. The van der Waals surface area contributed by atoms with E-state index in [9.17, 15) is 14.7 Å².